The monoisotopic (exact) mass is 351 g/mol. The van der Waals surface area contributed by atoms with E-state index in [9.17, 15) is 14.7 Å². The number of carbonyl (C=O) groups is 2. The predicted molar refractivity (Wildman–Crippen MR) is 99.4 cm³/mol. The van der Waals surface area contributed by atoms with Gasteiger partial charge in [-0.2, -0.15) is 0 Å². The van der Waals surface area contributed by atoms with Crippen molar-refractivity contribution in [3.05, 3.63) is 65.4 Å². The fourth-order valence-corrected chi connectivity index (χ4v) is 2.92. The maximum absolute atomic E-state index is 13.0. The number of phenolic OH excluding ortho intramolecular Hbond substituents is 1. The first-order valence-corrected chi connectivity index (χ1v) is 8.59. The molecule has 0 bridgehead atoms. The van der Waals surface area contributed by atoms with E-state index in [0.29, 0.717) is 34.3 Å². The lowest BCUT2D eigenvalue weighted by Gasteiger charge is -2.08. The molecule has 5 heteroatoms. The second-order valence-corrected chi connectivity index (χ2v) is 6.50. The van der Waals surface area contributed by atoms with Crippen molar-refractivity contribution in [3.8, 4) is 5.75 Å². The van der Waals surface area contributed by atoms with Gasteiger partial charge in [0.25, 0.3) is 0 Å². The zero-order chi connectivity index (χ0) is 18.7. The fraction of sp³-hybridized carbons (Fsp3) is 0.238. The summed E-state index contributed by atoms with van der Waals surface area (Å²) >= 11 is 0. The number of amides is 1. The van der Waals surface area contributed by atoms with Crippen LogP contribution in [0, 0.1) is 0 Å². The Morgan fingerprint density at radius 2 is 1.85 bits per heavy atom. The number of ketones is 1. The normalized spacial score (nSPS) is 11.0. The van der Waals surface area contributed by atoms with Crippen molar-refractivity contribution >= 4 is 22.7 Å². The van der Waals surface area contributed by atoms with Gasteiger partial charge in [-0.05, 0) is 32.0 Å². The average molecular weight is 351 g/mol. The molecule has 2 aromatic carbocycles. The smallest absolute Gasteiger partial charge is 0.220 e. The number of carbonyl (C=O) groups excluding carboxylic acids is 2. The Balaban J connectivity index is 1.99. The molecule has 3 rings (SSSR count). The highest BCUT2D eigenvalue weighted by molar-refractivity contribution is 6.17. The molecule has 0 radical (unpaired) electrons. The van der Waals surface area contributed by atoms with Crippen molar-refractivity contribution in [2.75, 3.05) is 0 Å². The molecule has 0 saturated carbocycles. The molecular weight excluding hydrogens is 330 g/mol. The van der Waals surface area contributed by atoms with Crippen molar-refractivity contribution in [1.82, 2.24) is 5.32 Å². The molecule has 0 atom stereocenters. The van der Waals surface area contributed by atoms with Gasteiger partial charge in [0, 0.05) is 29.8 Å². The van der Waals surface area contributed by atoms with E-state index in [1.807, 2.05) is 19.9 Å². The van der Waals surface area contributed by atoms with E-state index in [0.717, 1.165) is 0 Å². The number of benzene rings is 2. The van der Waals surface area contributed by atoms with Crippen LogP contribution in [-0.4, -0.2) is 22.8 Å². The van der Waals surface area contributed by atoms with E-state index in [4.69, 9.17) is 4.42 Å². The first-order chi connectivity index (χ1) is 12.5. The first-order valence-electron chi connectivity index (χ1n) is 8.59. The molecular formula is C21H21NO4. The lowest BCUT2D eigenvalue weighted by Crippen LogP contribution is -2.30. The van der Waals surface area contributed by atoms with Gasteiger partial charge in [0.15, 0.2) is 5.78 Å². The highest BCUT2D eigenvalue weighted by Crippen LogP contribution is 2.31. The quantitative estimate of drug-likeness (QED) is 0.662. The lowest BCUT2D eigenvalue weighted by atomic mass is 9.98. The van der Waals surface area contributed by atoms with Gasteiger partial charge in [0.1, 0.15) is 17.1 Å². The molecule has 5 nitrogen and oxygen atoms in total. The predicted octanol–water partition coefficient (Wildman–Crippen LogP) is 3.83. The molecule has 0 aliphatic carbocycles. The average Bonchev–Trinajstić information content (AvgIpc) is 2.97. The minimum absolute atomic E-state index is 0.0561. The largest absolute Gasteiger partial charge is 0.508 e. The van der Waals surface area contributed by atoms with Crippen LogP contribution in [0.2, 0.25) is 0 Å². The SMILES string of the molecule is CC(C)NC(=O)CCc1oc2ccc(O)cc2c1C(=O)c1ccccc1. The minimum Gasteiger partial charge on any atom is -0.508 e. The Morgan fingerprint density at radius 3 is 2.54 bits per heavy atom. The third kappa shape index (κ3) is 3.77. The third-order valence-electron chi connectivity index (χ3n) is 4.04. The van der Waals surface area contributed by atoms with Gasteiger partial charge in [0.2, 0.25) is 5.91 Å². The van der Waals surface area contributed by atoms with Crippen molar-refractivity contribution in [1.29, 1.82) is 0 Å². The summed E-state index contributed by atoms with van der Waals surface area (Å²) < 4.78 is 5.84. The number of nitrogens with one attached hydrogen (secondary N) is 1. The Labute approximate surface area is 151 Å². The molecule has 2 N–H and O–H groups in total. The molecule has 3 aromatic rings. The van der Waals surface area contributed by atoms with E-state index in [-0.39, 0.29) is 29.9 Å². The standard InChI is InChI=1S/C21H21NO4/c1-13(2)22-19(24)11-10-18-20(21(25)14-6-4-3-5-7-14)16-12-15(23)8-9-17(16)26-18/h3-9,12-13,23H,10-11H2,1-2H3,(H,22,24). The topological polar surface area (TPSA) is 79.5 Å². The number of phenols is 1. The molecule has 1 aromatic heterocycles. The number of hydrogen-bond donors (Lipinski definition) is 2. The summed E-state index contributed by atoms with van der Waals surface area (Å²) in [5.41, 5.74) is 1.45. The Kier molecular flexibility index (Phi) is 5.07. The summed E-state index contributed by atoms with van der Waals surface area (Å²) in [5.74, 6) is 0.235. The molecule has 0 unspecified atom stereocenters. The number of hydrogen-bond acceptors (Lipinski definition) is 4. The number of fused-ring (bicyclic) bond motifs is 1. The molecule has 0 fully saturated rings. The zero-order valence-electron chi connectivity index (χ0n) is 14.8. The highest BCUT2D eigenvalue weighted by atomic mass is 16.3. The van der Waals surface area contributed by atoms with Crippen LogP contribution in [0.15, 0.2) is 52.9 Å². The second kappa shape index (κ2) is 7.44. The molecule has 26 heavy (non-hydrogen) atoms. The van der Waals surface area contributed by atoms with Crippen LogP contribution < -0.4 is 5.32 Å². The van der Waals surface area contributed by atoms with Crippen molar-refractivity contribution in [3.63, 3.8) is 0 Å². The van der Waals surface area contributed by atoms with Gasteiger partial charge >= 0.3 is 0 Å². The summed E-state index contributed by atoms with van der Waals surface area (Å²) in [6.07, 6.45) is 0.529. The van der Waals surface area contributed by atoms with Crippen molar-refractivity contribution in [2.45, 2.75) is 32.7 Å². The highest BCUT2D eigenvalue weighted by Gasteiger charge is 2.22. The van der Waals surface area contributed by atoms with Gasteiger partial charge < -0.3 is 14.8 Å². The summed E-state index contributed by atoms with van der Waals surface area (Å²) in [6, 6.07) is 13.6. The Hall–Kier alpha value is -3.08. The van der Waals surface area contributed by atoms with Gasteiger partial charge in [-0.3, -0.25) is 9.59 Å². The summed E-state index contributed by atoms with van der Waals surface area (Å²) in [6.45, 7) is 3.79. The maximum Gasteiger partial charge on any atom is 0.220 e. The number of aryl methyl sites for hydroxylation is 1. The van der Waals surface area contributed by atoms with E-state index in [1.165, 1.54) is 12.1 Å². The van der Waals surface area contributed by atoms with Gasteiger partial charge in [-0.1, -0.05) is 30.3 Å². The maximum atomic E-state index is 13.0. The molecule has 1 heterocycles. The fourth-order valence-electron chi connectivity index (χ4n) is 2.92. The van der Waals surface area contributed by atoms with E-state index in [2.05, 4.69) is 5.32 Å². The van der Waals surface area contributed by atoms with Gasteiger partial charge in [-0.25, -0.2) is 0 Å². The first kappa shape index (κ1) is 17.7. The van der Waals surface area contributed by atoms with Crippen LogP contribution >= 0.6 is 0 Å². The van der Waals surface area contributed by atoms with Crippen molar-refractivity contribution in [2.24, 2.45) is 0 Å². The van der Waals surface area contributed by atoms with Crippen molar-refractivity contribution < 1.29 is 19.1 Å². The Bertz CT molecular complexity index is 941. The number of furan rings is 1. The molecule has 0 aliphatic heterocycles. The van der Waals surface area contributed by atoms with Crippen LogP contribution in [0.25, 0.3) is 11.0 Å². The molecule has 134 valence electrons. The summed E-state index contributed by atoms with van der Waals surface area (Å²) in [7, 11) is 0. The molecule has 1 amide bonds. The van der Waals surface area contributed by atoms with Gasteiger partial charge in [-0.15, -0.1) is 0 Å². The lowest BCUT2D eigenvalue weighted by molar-refractivity contribution is -0.121. The molecule has 0 spiro atoms. The van der Waals surface area contributed by atoms with Crippen LogP contribution in [0.1, 0.15) is 41.9 Å². The van der Waals surface area contributed by atoms with E-state index >= 15 is 0 Å². The van der Waals surface area contributed by atoms with Crippen LogP contribution in [-0.2, 0) is 11.2 Å². The van der Waals surface area contributed by atoms with E-state index < -0.39 is 0 Å². The summed E-state index contributed by atoms with van der Waals surface area (Å²) in [5, 5.41) is 13.2. The second-order valence-electron chi connectivity index (χ2n) is 6.50. The zero-order valence-corrected chi connectivity index (χ0v) is 14.8. The summed E-state index contributed by atoms with van der Waals surface area (Å²) in [4.78, 5) is 25.0. The molecule has 0 aliphatic rings. The van der Waals surface area contributed by atoms with Crippen LogP contribution in [0.5, 0.6) is 5.75 Å². The number of rotatable bonds is 6. The minimum atomic E-state index is -0.186. The number of aromatic hydroxyl groups is 1. The van der Waals surface area contributed by atoms with Crippen LogP contribution in [0.3, 0.4) is 0 Å². The van der Waals surface area contributed by atoms with E-state index in [1.54, 1.807) is 30.3 Å². The molecule has 0 saturated heterocycles. The Morgan fingerprint density at radius 1 is 1.12 bits per heavy atom. The third-order valence-corrected chi connectivity index (χ3v) is 4.04. The van der Waals surface area contributed by atoms with Gasteiger partial charge in [0.05, 0.1) is 5.56 Å². The van der Waals surface area contributed by atoms with Crippen LogP contribution in [0.4, 0.5) is 0 Å².